The predicted molar refractivity (Wildman–Crippen MR) is 93.4 cm³/mol. The van der Waals surface area contributed by atoms with Crippen LogP contribution in [0.1, 0.15) is 6.92 Å². The quantitative estimate of drug-likeness (QED) is 0.709. The molecule has 124 valence electrons. The largest absolute Gasteiger partial charge is 0.332 e. The van der Waals surface area contributed by atoms with Gasteiger partial charge in [-0.2, -0.15) is 4.98 Å². The van der Waals surface area contributed by atoms with Crippen molar-refractivity contribution in [2.24, 2.45) is 7.05 Å². The number of fused-ring (bicyclic) bond motifs is 3. The molecular formula is C16H16ClN5O2. The Labute approximate surface area is 142 Å². The minimum absolute atomic E-state index is 0.290. The number of benzene rings is 1. The zero-order valence-electron chi connectivity index (χ0n) is 13.4. The van der Waals surface area contributed by atoms with Crippen molar-refractivity contribution in [3.05, 3.63) is 50.1 Å². The van der Waals surface area contributed by atoms with Crippen molar-refractivity contribution in [3.63, 3.8) is 0 Å². The Morgan fingerprint density at radius 2 is 2.04 bits per heavy atom. The number of nitrogens with zero attached hydrogens (tertiary/aromatic N) is 5. The molecule has 0 spiro atoms. The summed E-state index contributed by atoms with van der Waals surface area (Å²) < 4.78 is 4.55. The molecule has 2 aromatic heterocycles. The molecule has 7 nitrogen and oxygen atoms in total. The van der Waals surface area contributed by atoms with Gasteiger partial charge >= 0.3 is 5.69 Å². The van der Waals surface area contributed by atoms with Crippen LogP contribution < -0.4 is 16.1 Å². The summed E-state index contributed by atoms with van der Waals surface area (Å²) in [5.41, 5.74) is 1.16. The van der Waals surface area contributed by atoms with Crippen molar-refractivity contribution in [3.8, 4) is 0 Å². The van der Waals surface area contributed by atoms with Crippen LogP contribution >= 0.6 is 11.6 Å². The summed E-state index contributed by atoms with van der Waals surface area (Å²) >= 11 is 6.09. The molecule has 0 radical (unpaired) electrons. The van der Waals surface area contributed by atoms with Crippen molar-refractivity contribution in [2.45, 2.75) is 20.0 Å². The van der Waals surface area contributed by atoms with Crippen LogP contribution in [0.15, 0.2) is 33.9 Å². The number of aryl methyl sites for hydroxylation is 1. The van der Waals surface area contributed by atoms with Crippen LogP contribution in [0.4, 0.5) is 11.6 Å². The van der Waals surface area contributed by atoms with Gasteiger partial charge in [-0.1, -0.05) is 17.7 Å². The molecule has 8 heteroatoms. The second-order valence-corrected chi connectivity index (χ2v) is 6.19. The van der Waals surface area contributed by atoms with Gasteiger partial charge < -0.3 is 9.47 Å². The highest BCUT2D eigenvalue weighted by molar-refractivity contribution is 6.30. The lowest BCUT2D eigenvalue weighted by atomic mass is 10.3. The van der Waals surface area contributed by atoms with Crippen LogP contribution in [0.25, 0.3) is 11.2 Å². The first-order chi connectivity index (χ1) is 11.5. The smallest absolute Gasteiger partial charge is 0.310 e. The maximum absolute atomic E-state index is 12.7. The molecule has 3 aromatic rings. The maximum Gasteiger partial charge on any atom is 0.332 e. The minimum atomic E-state index is -0.346. The molecule has 1 aliphatic rings. The Bertz CT molecular complexity index is 1080. The molecule has 0 fully saturated rings. The van der Waals surface area contributed by atoms with Crippen LogP contribution in [0.3, 0.4) is 0 Å². The average molecular weight is 346 g/mol. The van der Waals surface area contributed by atoms with Crippen molar-refractivity contribution < 1.29 is 0 Å². The summed E-state index contributed by atoms with van der Waals surface area (Å²) in [5.74, 6) is 0.660. The molecule has 0 N–H and O–H groups in total. The fourth-order valence-corrected chi connectivity index (χ4v) is 3.43. The Morgan fingerprint density at radius 3 is 2.75 bits per heavy atom. The van der Waals surface area contributed by atoms with E-state index in [1.165, 1.54) is 9.13 Å². The monoisotopic (exact) mass is 345 g/mol. The van der Waals surface area contributed by atoms with E-state index in [1.54, 1.807) is 14.0 Å². The van der Waals surface area contributed by atoms with E-state index < -0.39 is 0 Å². The summed E-state index contributed by atoms with van der Waals surface area (Å²) in [7, 11) is 1.64. The number of rotatable bonds is 2. The van der Waals surface area contributed by atoms with Crippen LogP contribution in [0, 0.1) is 0 Å². The Morgan fingerprint density at radius 1 is 1.25 bits per heavy atom. The highest BCUT2D eigenvalue weighted by Crippen LogP contribution is 2.32. The van der Waals surface area contributed by atoms with Crippen molar-refractivity contribution in [2.75, 3.05) is 11.4 Å². The molecule has 3 heterocycles. The van der Waals surface area contributed by atoms with Crippen LogP contribution in [-0.2, 0) is 20.1 Å². The number of hydrogen-bond acceptors (Lipinski definition) is 4. The van der Waals surface area contributed by atoms with Gasteiger partial charge in [0.25, 0.3) is 5.56 Å². The van der Waals surface area contributed by atoms with E-state index in [0.717, 1.165) is 5.69 Å². The molecule has 0 saturated carbocycles. The molecule has 0 bridgehead atoms. The van der Waals surface area contributed by atoms with E-state index in [9.17, 15) is 9.59 Å². The van der Waals surface area contributed by atoms with Crippen molar-refractivity contribution in [1.82, 2.24) is 18.7 Å². The molecule has 0 amide bonds. The first-order valence-electron chi connectivity index (χ1n) is 7.76. The zero-order valence-corrected chi connectivity index (χ0v) is 14.1. The second kappa shape index (κ2) is 5.24. The van der Waals surface area contributed by atoms with Gasteiger partial charge in [-0.25, -0.2) is 4.79 Å². The van der Waals surface area contributed by atoms with Gasteiger partial charge in [0.15, 0.2) is 11.2 Å². The second-order valence-electron chi connectivity index (χ2n) is 5.76. The number of anilines is 2. The van der Waals surface area contributed by atoms with E-state index in [4.69, 9.17) is 11.6 Å². The number of hydrogen-bond donors (Lipinski definition) is 0. The van der Waals surface area contributed by atoms with E-state index >= 15 is 0 Å². The molecule has 1 aliphatic heterocycles. The van der Waals surface area contributed by atoms with Gasteiger partial charge in [0.1, 0.15) is 0 Å². The fourth-order valence-electron chi connectivity index (χ4n) is 3.25. The molecule has 24 heavy (non-hydrogen) atoms. The third-order valence-electron chi connectivity index (χ3n) is 4.44. The Balaban J connectivity index is 2.00. The van der Waals surface area contributed by atoms with Gasteiger partial charge in [-0.05, 0) is 25.1 Å². The molecule has 0 atom stereocenters. The molecule has 0 aliphatic carbocycles. The molecule has 0 saturated heterocycles. The Hall–Kier alpha value is -2.54. The highest BCUT2D eigenvalue weighted by atomic mass is 35.5. The lowest BCUT2D eigenvalue weighted by Gasteiger charge is -2.16. The average Bonchev–Trinajstić information content (AvgIpc) is 3.12. The standard InChI is InChI=1S/C16H16ClN5O2/c1-3-20-14(23)12-13(19(2)16(20)24)18-15-21(7-8-22(12)15)11-6-4-5-10(17)9-11/h4-6,9H,3,7-8H2,1-2H3. The van der Waals surface area contributed by atoms with Gasteiger partial charge in [0.2, 0.25) is 5.95 Å². The number of halogens is 1. The lowest BCUT2D eigenvalue weighted by Crippen LogP contribution is -2.39. The van der Waals surface area contributed by atoms with Gasteiger partial charge in [0, 0.05) is 37.4 Å². The number of aromatic nitrogens is 4. The SMILES string of the molecule is CCn1c(=O)c2c(nc3n2CCN3c2cccc(Cl)c2)n(C)c1=O. The third-order valence-corrected chi connectivity index (χ3v) is 4.67. The summed E-state index contributed by atoms with van der Waals surface area (Å²) in [6.45, 7) is 3.46. The topological polar surface area (TPSA) is 65.1 Å². The summed E-state index contributed by atoms with van der Waals surface area (Å²) in [6.07, 6.45) is 0. The maximum atomic E-state index is 12.7. The highest BCUT2D eigenvalue weighted by Gasteiger charge is 2.28. The van der Waals surface area contributed by atoms with E-state index in [2.05, 4.69) is 4.98 Å². The first-order valence-corrected chi connectivity index (χ1v) is 8.14. The summed E-state index contributed by atoms with van der Waals surface area (Å²) in [6, 6.07) is 7.50. The van der Waals surface area contributed by atoms with E-state index in [-0.39, 0.29) is 11.2 Å². The predicted octanol–water partition coefficient (Wildman–Crippen LogP) is 1.72. The third kappa shape index (κ3) is 1.94. The lowest BCUT2D eigenvalue weighted by molar-refractivity contribution is 0.633. The zero-order chi connectivity index (χ0) is 17.0. The summed E-state index contributed by atoms with van der Waals surface area (Å²) in [5, 5.41) is 0.641. The van der Waals surface area contributed by atoms with E-state index in [0.29, 0.717) is 41.8 Å². The minimum Gasteiger partial charge on any atom is -0.310 e. The van der Waals surface area contributed by atoms with Crippen LogP contribution in [0.2, 0.25) is 5.02 Å². The molecular weight excluding hydrogens is 330 g/mol. The molecule has 4 rings (SSSR count). The van der Waals surface area contributed by atoms with Gasteiger partial charge in [-0.3, -0.25) is 13.9 Å². The summed E-state index contributed by atoms with van der Waals surface area (Å²) in [4.78, 5) is 31.6. The molecule has 1 aromatic carbocycles. The normalized spacial score (nSPS) is 13.7. The van der Waals surface area contributed by atoms with Gasteiger partial charge in [0.05, 0.1) is 0 Å². The van der Waals surface area contributed by atoms with Gasteiger partial charge in [-0.15, -0.1) is 0 Å². The van der Waals surface area contributed by atoms with Crippen molar-refractivity contribution >= 4 is 34.4 Å². The van der Waals surface area contributed by atoms with Crippen LogP contribution in [0.5, 0.6) is 0 Å². The Kier molecular flexibility index (Phi) is 3.28. The van der Waals surface area contributed by atoms with Crippen LogP contribution in [-0.4, -0.2) is 25.2 Å². The first kappa shape index (κ1) is 15.0. The number of imidazole rings is 1. The van der Waals surface area contributed by atoms with Crippen molar-refractivity contribution in [1.29, 1.82) is 0 Å². The molecule has 0 unspecified atom stereocenters. The fraction of sp³-hybridized carbons (Fsp3) is 0.312. The van der Waals surface area contributed by atoms with E-state index in [1.807, 2.05) is 33.7 Å².